The predicted octanol–water partition coefficient (Wildman–Crippen LogP) is 3.71. The van der Waals surface area contributed by atoms with Crippen LogP contribution in [0.15, 0.2) is 41.3 Å². The third-order valence-electron chi connectivity index (χ3n) is 4.41. The van der Waals surface area contributed by atoms with E-state index in [2.05, 4.69) is 10.0 Å². The Morgan fingerprint density at radius 2 is 1.64 bits per heavy atom. The minimum Gasteiger partial charge on any atom is -0.484 e. The van der Waals surface area contributed by atoms with Crippen LogP contribution in [0, 0.1) is 20.8 Å². The molecule has 1 atom stereocenters. The lowest BCUT2D eigenvalue weighted by Crippen LogP contribution is -2.31. The van der Waals surface area contributed by atoms with Gasteiger partial charge in [-0.1, -0.05) is 24.6 Å². The molecular weight excluding hydrogens is 376 g/mol. The van der Waals surface area contributed by atoms with Crippen LogP contribution in [0.4, 0.5) is 5.69 Å². The number of hydrogen-bond acceptors (Lipinski definition) is 4. The van der Waals surface area contributed by atoms with E-state index in [0.29, 0.717) is 12.2 Å². The molecule has 2 N–H and O–H groups in total. The van der Waals surface area contributed by atoms with Crippen molar-refractivity contribution < 1.29 is 17.9 Å². The number of sulfonamides is 1. The van der Waals surface area contributed by atoms with Gasteiger partial charge in [0.15, 0.2) is 6.61 Å². The van der Waals surface area contributed by atoms with Crippen LogP contribution in [-0.2, 0) is 14.8 Å². The van der Waals surface area contributed by atoms with Crippen molar-refractivity contribution in [3.8, 4) is 5.75 Å². The zero-order valence-electron chi connectivity index (χ0n) is 17.0. The van der Waals surface area contributed by atoms with E-state index in [9.17, 15) is 13.2 Å². The summed E-state index contributed by atoms with van der Waals surface area (Å²) >= 11 is 0. The van der Waals surface area contributed by atoms with E-state index < -0.39 is 10.0 Å². The minimum absolute atomic E-state index is 0.140. The minimum atomic E-state index is -3.56. The van der Waals surface area contributed by atoms with Gasteiger partial charge >= 0.3 is 0 Å². The largest absolute Gasteiger partial charge is 0.484 e. The summed E-state index contributed by atoms with van der Waals surface area (Å²) in [7, 11) is -3.56. The van der Waals surface area contributed by atoms with Crippen molar-refractivity contribution >= 4 is 21.6 Å². The van der Waals surface area contributed by atoms with Gasteiger partial charge < -0.3 is 10.1 Å². The van der Waals surface area contributed by atoms with E-state index >= 15 is 0 Å². The molecule has 0 aliphatic carbocycles. The smallest absolute Gasteiger partial charge is 0.262 e. The molecule has 152 valence electrons. The fraction of sp³-hybridized carbons (Fsp3) is 0.381. The van der Waals surface area contributed by atoms with Gasteiger partial charge in [0.1, 0.15) is 5.75 Å². The summed E-state index contributed by atoms with van der Waals surface area (Å²) in [6, 6.07) is 9.89. The van der Waals surface area contributed by atoms with Gasteiger partial charge in [0, 0.05) is 11.7 Å². The molecule has 7 heteroatoms. The quantitative estimate of drug-likeness (QED) is 0.702. The van der Waals surface area contributed by atoms with Gasteiger partial charge in [-0.25, -0.2) is 13.1 Å². The van der Waals surface area contributed by atoms with E-state index in [1.165, 1.54) is 12.1 Å². The summed E-state index contributed by atoms with van der Waals surface area (Å²) < 4.78 is 32.6. The molecular formula is C21H28N2O4S. The second-order valence-corrected chi connectivity index (χ2v) is 8.73. The molecule has 0 saturated heterocycles. The van der Waals surface area contributed by atoms with Crippen molar-refractivity contribution in [2.45, 2.75) is 52.0 Å². The summed E-state index contributed by atoms with van der Waals surface area (Å²) in [5, 5.41) is 2.87. The highest BCUT2D eigenvalue weighted by Crippen LogP contribution is 2.22. The van der Waals surface area contributed by atoms with E-state index in [0.717, 1.165) is 22.4 Å². The normalized spacial score (nSPS) is 12.5. The Bertz CT molecular complexity index is 914. The van der Waals surface area contributed by atoms with Gasteiger partial charge in [-0.2, -0.15) is 0 Å². The summed E-state index contributed by atoms with van der Waals surface area (Å²) in [5.41, 5.74) is 3.92. The molecule has 0 spiro atoms. The number of carbonyl (C=O) groups is 1. The Morgan fingerprint density at radius 3 is 2.18 bits per heavy atom. The molecule has 0 unspecified atom stereocenters. The molecule has 0 aromatic heterocycles. The average Bonchev–Trinajstić information content (AvgIpc) is 2.63. The van der Waals surface area contributed by atoms with Crippen molar-refractivity contribution in [3.63, 3.8) is 0 Å². The third-order valence-corrected chi connectivity index (χ3v) is 6.02. The SMILES string of the molecule is CC[C@@H](C)NS(=O)(=O)c1ccc(OCC(=O)Nc2c(C)cc(C)cc2C)cc1. The lowest BCUT2D eigenvalue weighted by atomic mass is 10.1. The molecule has 0 heterocycles. The number of nitrogens with one attached hydrogen (secondary N) is 2. The van der Waals surface area contributed by atoms with Gasteiger partial charge in [-0.15, -0.1) is 0 Å². The molecule has 28 heavy (non-hydrogen) atoms. The maximum atomic E-state index is 12.3. The standard InChI is InChI=1S/C21H28N2O4S/c1-6-17(5)23-28(25,26)19-9-7-18(8-10-19)27-13-20(24)22-21-15(3)11-14(2)12-16(21)4/h7-12,17,23H,6,13H2,1-5H3,(H,22,24)/t17-/m1/s1. The molecule has 0 aliphatic heterocycles. The number of carbonyl (C=O) groups excluding carboxylic acids is 1. The van der Waals surface area contributed by atoms with E-state index in [-0.39, 0.29) is 23.5 Å². The first kappa shape index (κ1) is 21.9. The predicted molar refractivity (Wildman–Crippen MR) is 111 cm³/mol. The molecule has 0 radical (unpaired) electrons. The van der Waals surface area contributed by atoms with Gasteiger partial charge in [0.05, 0.1) is 4.90 Å². The number of benzene rings is 2. The summed E-state index contributed by atoms with van der Waals surface area (Å²) in [4.78, 5) is 12.4. The lowest BCUT2D eigenvalue weighted by molar-refractivity contribution is -0.118. The zero-order chi connectivity index (χ0) is 20.9. The Kier molecular flexibility index (Phi) is 7.21. The Labute approximate surface area is 167 Å². The number of aryl methyl sites for hydroxylation is 3. The van der Waals surface area contributed by atoms with Crippen molar-refractivity contribution in [1.29, 1.82) is 0 Å². The van der Waals surface area contributed by atoms with Crippen LogP contribution >= 0.6 is 0 Å². The first-order chi connectivity index (χ1) is 13.1. The van der Waals surface area contributed by atoms with Crippen LogP contribution in [0.5, 0.6) is 5.75 Å². The van der Waals surface area contributed by atoms with Crippen LogP contribution in [0.1, 0.15) is 37.0 Å². The number of hydrogen-bond donors (Lipinski definition) is 2. The van der Waals surface area contributed by atoms with Gasteiger partial charge in [-0.3, -0.25) is 4.79 Å². The second kappa shape index (κ2) is 9.21. The maximum Gasteiger partial charge on any atom is 0.262 e. The van der Waals surface area contributed by atoms with Crippen LogP contribution < -0.4 is 14.8 Å². The highest BCUT2D eigenvalue weighted by atomic mass is 32.2. The highest BCUT2D eigenvalue weighted by Gasteiger charge is 2.16. The zero-order valence-corrected chi connectivity index (χ0v) is 17.8. The van der Waals surface area contributed by atoms with E-state index in [1.54, 1.807) is 12.1 Å². The van der Waals surface area contributed by atoms with Crippen LogP contribution in [0.3, 0.4) is 0 Å². The highest BCUT2D eigenvalue weighted by molar-refractivity contribution is 7.89. The molecule has 0 aliphatic rings. The molecule has 6 nitrogen and oxygen atoms in total. The summed E-state index contributed by atoms with van der Waals surface area (Å²) in [6.45, 7) is 9.47. The molecule has 0 fully saturated rings. The first-order valence-corrected chi connectivity index (χ1v) is 10.7. The third kappa shape index (κ3) is 5.81. The maximum absolute atomic E-state index is 12.3. The van der Waals surface area contributed by atoms with Crippen molar-refractivity contribution in [2.24, 2.45) is 0 Å². The van der Waals surface area contributed by atoms with Crippen LogP contribution in [0.2, 0.25) is 0 Å². The fourth-order valence-corrected chi connectivity index (χ4v) is 4.16. The topological polar surface area (TPSA) is 84.5 Å². The molecule has 2 aromatic carbocycles. The second-order valence-electron chi connectivity index (χ2n) is 7.01. The Balaban J connectivity index is 1.97. The van der Waals surface area contributed by atoms with Gasteiger partial charge in [-0.05, 0) is 69.5 Å². The summed E-state index contributed by atoms with van der Waals surface area (Å²) in [6.07, 6.45) is 0.704. The number of ether oxygens (including phenoxy) is 1. The number of amides is 1. The summed E-state index contributed by atoms with van der Waals surface area (Å²) in [5.74, 6) is 0.153. The Morgan fingerprint density at radius 1 is 1.07 bits per heavy atom. The van der Waals surface area contributed by atoms with E-state index in [1.807, 2.05) is 46.8 Å². The monoisotopic (exact) mass is 404 g/mol. The number of anilines is 1. The van der Waals surface area contributed by atoms with Crippen molar-refractivity contribution in [3.05, 3.63) is 53.1 Å². The first-order valence-electron chi connectivity index (χ1n) is 9.25. The fourth-order valence-electron chi connectivity index (χ4n) is 2.83. The van der Waals surface area contributed by atoms with Crippen LogP contribution in [-0.4, -0.2) is 27.0 Å². The number of rotatable bonds is 8. The van der Waals surface area contributed by atoms with Crippen molar-refractivity contribution in [2.75, 3.05) is 11.9 Å². The average molecular weight is 405 g/mol. The molecule has 0 bridgehead atoms. The van der Waals surface area contributed by atoms with Crippen molar-refractivity contribution in [1.82, 2.24) is 4.72 Å². The Hall–Kier alpha value is -2.38. The lowest BCUT2D eigenvalue weighted by Gasteiger charge is -2.14. The molecule has 0 saturated carbocycles. The molecule has 2 aromatic rings. The van der Waals surface area contributed by atoms with Gasteiger partial charge in [0.25, 0.3) is 5.91 Å². The molecule has 2 rings (SSSR count). The molecule has 1 amide bonds. The van der Waals surface area contributed by atoms with Gasteiger partial charge in [0.2, 0.25) is 10.0 Å². The van der Waals surface area contributed by atoms with E-state index in [4.69, 9.17) is 4.74 Å². The van der Waals surface area contributed by atoms with Crippen LogP contribution in [0.25, 0.3) is 0 Å².